The Morgan fingerprint density at radius 1 is 0.859 bits per heavy atom. The molecule has 1 aliphatic heterocycles. The summed E-state index contributed by atoms with van der Waals surface area (Å²) in [5.74, 6) is -0.686. The SMILES string of the molecule is COCCCCOc1cc(OCCN2CCOCC2)ccc1C(=O)NC[C@@H](C[C@H](NC(=O)OC(C)(C)C)[C@H](C[C@H](C(=O)NCC(C)(C)C(N)=O)C(C)C)O[Si](C)(C)C(C)(C)C)C(C)C. The molecule has 1 fully saturated rings. The van der Waals surface area contributed by atoms with Crippen molar-refractivity contribution >= 4 is 32.1 Å². The first-order valence-electron chi connectivity index (χ1n) is 23.4. The maximum atomic E-state index is 14.1. The number of hydrogen-bond acceptors (Lipinski definition) is 11. The number of ether oxygens (including phenoxy) is 5. The smallest absolute Gasteiger partial charge is 0.407 e. The molecule has 0 bridgehead atoms. The van der Waals surface area contributed by atoms with Crippen LogP contribution in [-0.2, 0) is 28.2 Å². The number of benzene rings is 1. The van der Waals surface area contributed by atoms with Crippen LogP contribution in [0.5, 0.6) is 11.5 Å². The third kappa shape index (κ3) is 20.0. The van der Waals surface area contributed by atoms with Crippen LogP contribution in [0.3, 0.4) is 0 Å². The largest absolute Gasteiger partial charge is 0.493 e. The molecule has 1 aromatic rings. The number of nitrogens with zero attached hydrogens (tertiary/aromatic N) is 1. The molecule has 4 amide bonds. The van der Waals surface area contributed by atoms with Gasteiger partial charge in [-0.05, 0) is 108 Å². The van der Waals surface area contributed by atoms with Gasteiger partial charge in [-0.25, -0.2) is 4.79 Å². The van der Waals surface area contributed by atoms with E-state index in [0.29, 0.717) is 56.5 Å². The average Bonchev–Trinajstić information content (AvgIpc) is 3.18. The molecule has 0 unspecified atom stereocenters. The average molecular weight is 922 g/mol. The topological polar surface area (TPSA) is 189 Å². The summed E-state index contributed by atoms with van der Waals surface area (Å²) < 4.78 is 36.1. The number of carbonyl (C=O) groups is 4. The second-order valence-corrected chi connectivity index (χ2v) is 25.9. The lowest BCUT2D eigenvalue weighted by molar-refractivity contribution is -0.130. The predicted molar refractivity (Wildman–Crippen MR) is 255 cm³/mol. The van der Waals surface area contributed by atoms with Crippen molar-refractivity contribution in [3.63, 3.8) is 0 Å². The number of methoxy groups -OCH3 is 1. The molecule has 0 spiro atoms. The molecule has 0 aromatic heterocycles. The third-order valence-electron chi connectivity index (χ3n) is 12.4. The molecule has 5 N–H and O–H groups in total. The fourth-order valence-electron chi connectivity index (χ4n) is 6.85. The van der Waals surface area contributed by atoms with Crippen LogP contribution < -0.4 is 31.2 Å². The molecule has 0 radical (unpaired) electrons. The summed E-state index contributed by atoms with van der Waals surface area (Å²) in [5, 5.41) is 9.15. The molecular formula is C48H87N5O10Si. The molecule has 1 aromatic carbocycles. The number of morpholine rings is 1. The molecule has 2 rings (SSSR count). The monoisotopic (exact) mass is 922 g/mol. The Balaban J connectivity index is 2.50. The predicted octanol–water partition coefficient (Wildman–Crippen LogP) is 7.17. The summed E-state index contributed by atoms with van der Waals surface area (Å²) in [6.07, 6.45) is 1.06. The van der Waals surface area contributed by atoms with Gasteiger partial charge < -0.3 is 49.8 Å². The zero-order valence-corrected chi connectivity index (χ0v) is 43.2. The van der Waals surface area contributed by atoms with Gasteiger partial charge in [0.15, 0.2) is 8.32 Å². The van der Waals surface area contributed by atoms with Crippen LogP contribution in [0.4, 0.5) is 4.79 Å². The number of carbonyl (C=O) groups excluding carboxylic acids is 4. The van der Waals surface area contributed by atoms with Gasteiger partial charge in [-0.15, -0.1) is 0 Å². The maximum Gasteiger partial charge on any atom is 0.407 e. The number of amides is 4. The van der Waals surface area contributed by atoms with E-state index in [0.717, 1.165) is 32.5 Å². The Kier molecular flexibility index (Phi) is 23.1. The second-order valence-electron chi connectivity index (χ2n) is 21.2. The highest BCUT2D eigenvalue weighted by Crippen LogP contribution is 2.40. The van der Waals surface area contributed by atoms with E-state index >= 15 is 0 Å². The number of alkyl carbamates (subject to hydrolysis) is 1. The lowest BCUT2D eigenvalue weighted by Crippen LogP contribution is -2.55. The zero-order valence-electron chi connectivity index (χ0n) is 42.2. The van der Waals surface area contributed by atoms with Gasteiger partial charge >= 0.3 is 6.09 Å². The summed E-state index contributed by atoms with van der Waals surface area (Å²) in [5.41, 5.74) is 4.32. The van der Waals surface area contributed by atoms with E-state index in [1.807, 2.05) is 34.6 Å². The highest BCUT2D eigenvalue weighted by molar-refractivity contribution is 6.74. The van der Waals surface area contributed by atoms with Crippen molar-refractivity contribution in [1.82, 2.24) is 20.9 Å². The Morgan fingerprint density at radius 2 is 1.50 bits per heavy atom. The van der Waals surface area contributed by atoms with Crippen molar-refractivity contribution in [1.29, 1.82) is 0 Å². The van der Waals surface area contributed by atoms with Gasteiger partial charge in [0, 0.05) is 58.4 Å². The molecule has 15 nitrogen and oxygen atoms in total. The normalized spacial score (nSPS) is 16.1. The summed E-state index contributed by atoms with van der Waals surface area (Å²) in [7, 11) is -0.860. The summed E-state index contributed by atoms with van der Waals surface area (Å²) in [6, 6.07) is 4.71. The number of nitrogens with two attached hydrogens (primary N) is 1. The lowest BCUT2D eigenvalue weighted by atomic mass is 9.82. The minimum absolute atomic E-state index is 0.0655. The molecule has 64 heavy (non-hydrogen) atoms. The fourth-order valence-corrected chi connectivity index (χ4v) is 8.23. The second kappa shape index (κ2) is 26.0. The van der Waals surface area contributed by atoms with Gasteiger partial charge in [0.25, 0.3) is 5.91 Å². The van der Waals surface area contributed by atoms with Crippen molar-refractivity contribution in [3.8, 4) is 11.5 Å². The van der Waals surface area contributed by atoms with Crippen LogP contribution in [-0.4, -0.2) is 128 Å². The molecule has 0 aliphatic carbocycles. The van der Waals surface area contributed by atoms with Gasteiger partial charge in [0.1, 0.15) is 23.7 Å². The van der Waals surface area contributed by atoms with E-state index in [4.69, 9.17) is 33.8 Å². The Hall–Kier alpha value is -3.44. The van der Waals surface area contributed by atoms with Crippen LogP contribution in [0.25, 0.3) is 0 Å². The van der Waals surface area contributed by atoms with Gasteiger partial charge in [0.2, 0.25) is 11.8 Å². The highest BCUT2D eigenvalue weighted by Gasteiger charge is 2.43. The van der Waals surface area contributed by atoms with E-state index in [9.17, 15) is 19.2 Å². The first-order valence-corrected chi connectivity index (χ1v) is 26.3. The Labute approximate surface area is 386 Å². The third-order valence-corrected chi connectivity index (χ3v) is 16.9. The van der Waals surface area contributed by atoms with Crippen LogP contribution in [0.1, 0.15) is 119 Å². The molecule has 368 valence electrons. The van der Waals surface area contributed by atoms with E-state index in [-0.39, 0.29) is 54.1 Å². The van der Waals surface area contributed by atoms with Crippen LogP contribution in [0.15, 0.2) is 18.2 Å². The summed E-state index contributed by atoms with van der Waals surface area (Å²) in [4.78, 5) is 56.3. The first-order chi connectivity index (χ1) is 29.7. The van der Waals surface area contributed by atoms with Crippen LogP contribution >= 0.6 is 0 Å². The van der Waals surface area contributed by atoms with Gasteiger partial charge in [-0.1, -0.05) is 48.5 Å². The highest BCUT2D eigenvalue weighted by atomic mass is 28.4. The Morgan fingerprint density at radius 3 is 2.06 bits per heavy atom. The minimum atomic E-state index is -2.53. The molecule has 0 saturated carbocycles. The van der Waals surface area contributed by atoms with Crippen molar-refractivity contribution in [3.05, 3.63) is 23.8 Å². The van der Waals surface area contributed by atoms with Gasteiger partial charge in [0.05, 0.1) is 42.9 Å². The first kappa shape index (κ1) is 56.7. The molecule has 16 heteroatoms. The molecule has 1 saturated heterocycles. The van der Waals surface area contributed by atoms with Crippen molar-refractivity contribution < 1.29 is 47.3 Å². The van der Waals surface area contributed by atoms with E-state index in [2.05, 4.69) is 68.6 Å². The molecule has 4 atom stereocenters. The zero-order chi connectivity index (χ0) is 48.5. The maximum absolute atomic E-state index is 14.1. The number of nitrogens with one attached hydrogen (secondary N) is 3. The van der Waals surface area contributed by atoms with Crippen molar-refractivity contribution in [2.24, 2.45) is 34.8 Å². The summed E-state index contributed by atoms with van der Waals surface area (Å²) in [6.45, 7) is 33.6. The lowest BCUT2D eigenvalue weighted by Gasteiger charge is -2.43. The van der Waals surface area contributed by atoms with Crippen LogP contribution in [0, 0.1) is 29.1 Å². The Bertz CT molecular complexity index is 1600. The van der Waals surface area contributed by atoms with Crippen molar-refractivity contribution in [2.45, 2.75) is 145 Å². The standard InChI is InChI=1S/C48H87N5O10Si/c1-33(2)35(31-50-42(54)37-19-18-36(29-40(37)61-24-17-16-23-58-13)60-27-22-53-20-25-59-26-21-53)28-39(52-45(57)62-46(5,6)7)41(63-64(14,15)47(8,9)10)30-38(34(3)4)43(55)51-32-48(11,12)44(49)56/h18-19,29,33-35,38-39,41H,16-17,20-28,30-32H2,1-15H3,(H2,49,56)(H,50,54)(H,51,55)(H,52,57)/t35-,38+,39+,41+/m1/s1. The van der Waals surface area contributed by atoms with E-state index < -0.39 is 49.4 Å². The fraction of sp³-hybridized carbons (Fsp3) is 0.792. The minimum Gasteiger partial charge on any atom is -0.493 e. The number of rotatable bonds is 27. The van der Waals surface area contributed by atoms with Crippen LogP contribution in [0.2, 0.25) is 18.1 Å². The molecule has 1 aliphatic rings. The van der Waals surface area contributed by atoms with Crippen molar-refractivity contribution in [2.75, 3.05) is 72.9 Å². The molecule has 1 heterocycles. The number of primary amides is 1. The van der Waals surface area contributed by atoms with E-state index in [1.54, 1.807) is 39.2 Å². The molecular weight excluding hydrogens is 835 g/mol. The quantitative estimate of drug-likeness (QED) is 0.0518. The number of unbranched alkanes of at least 4 members (excludes halogenated alkanes) is 1. The van der Waals surface area contributed by atoms with Gasteiger partial charge in [-0.3, -0.25) is 19.3 Å². The van der Waals surface area contributed by atoms with E-state index in [1.165, 1.54) is 0 Å². The number of hydrogen-bond donors (Lipinski definition) is 4. The summed E-state index contributed by atoms with van der Waals surface area (Å²) >= 11 is 0. The van der Waals surface area contributed by atoms with Gasteiger partial charge in [-0.2, -0.15) is 0 Å².